The van der Waals surface area contributed by atoms with Gasteiger partial charge in [-0.2, -0.15) is 0 Å². The average molecular weight is 401 g/mol. The van der Waals surface area contributed by atoms with Crippen LogP contribution in [0.4, 0.5) is 5.69 Å². The lowest BCUT2D eigenvalue weighted by molar-refractivity contribution is -0.384. The quantitative estimate of drug-likeness (QED) is 0.181. The molecule has 150 valence electrons. The van der Waals surface area contributed by atoms with Crippen LogP contribution >= 0.6 is 7.60 Å². The highest BCUT2D eigenvalue weighted by Gasteiger charge is 2.37. The van der Waals surface area contributed by atoms with E-state index in [1.807, 2.05) is 0 Å². The standard InChI is InChI=1S/C17H24NO8P/c1-5-24-27(23,25-6-2)11-15(20)26-16(17(3,4)12-19)13-7-9-14(10-8-13)18(21)22/h7-10,12,16H,5-6,11H2,1-4H3/t16-/m0/s1. The molecule has 9 nitrogen and oxygen atoms in total. The zero-order valence-electron chi connectivity index (χ0n) is 15.7. The molecule has 0 saturated carbocycles. The molecule has 0 spiro atoms. The number of hydrogen-bond acceptors (Lipinski definition) is 8. The average Bonchev–Trinajstić information content (AvgIpc) is 2.59. The van der Waals surface area contributed by atoms with Gasteiger partial charge in [0.1, 0.15) is 18.6 Å². The van der Waals surface area contributed by atoms with E-state index in [0.717, 1.165) is 0 Å². The van der Waals surface area contributed by atoms with Crippen molar-refractivity contribution in [2.75, 3.05) is 19.4 Å². The fourth-order valence-electron chi connectivity index (χ4n) is 2.33. The van der Waals surface area contributed by atoms with Crippen molar-refractivity contribution in [3.63, 3.8) is 0 Å². The summed E-state index contributed by atoms with van der Waals surface area (Å²) in [5, 5.41) is 10.8. The molecule has 0 unspecified atom stereocenters. The number of carbonyl (C=O) groups excluding carboxylic acids is 2. The monoisotopic (exact) mass is 401 g/mol. The fraction of sp³-hybridized carbons (Fsp3) is 0.529. The minimum Gasteiger partial charge on any atom is -0.456 e. The number of rotatable bonds is 11. The Morgan fingerprint density at radius 2 is 1.74 bits per heavy atom. The van der Waals surface area contributed by atoms with E-state index >= 15 is 0 Å². The first-order valence-corrected chi connectivity index (χ1v) is 10.1. The van der Waals surface area contributed by atoms with Gasteiger partial charge in [0, 0.05) is 12.1 Å². The normalized spacial score (nSPS) is 13.0. The predicted octanol–water partition coefficient (Wildman–Crippen LogP) is 3.67. The molecule has 0 saturated heterocycles. The Bertz CT molecular complexity index is 706. The number of aldehydes is 1. The Labute approximate surface area is 157 Å². The summed E-state index contributed by atoms with van der Waals surface area (Å²) in [6.07, 6.45) is -1.01. The van der Waals surface area contributed by atoms with Gasteiger partial charge in [-0.1, -0.05) is 0 Å². The maximum absolute atomic E-state index is 12.5. The van der Waals surface area contributed by atoms with Crippen LogP contribution in [0.1, 0.15) is 39.4 Å². The van der Waals surface area contributed by atoms with Crippen molar-refractivity contribution in [3.8, 4) is 0 Å². The molecular formula is C17H24NO8P. The third kappa shape index (κ3) is 6.53. The van der Waals surface area contributed by atoms with Gasteiger partial charge in [0.15, 0.2) is 0 Å². The molecule has 0 aliphatic rings. The van der Waals surface area contributed by atoms with E-state index in [-0.39, 0.29) is 18.9 Å². The largest absolute Gasteiger partial charge is 0.456 e. The minimum atomic E-state index is -3.66. The van der Waals surface area contributed by atoms with Gasteiger partial charge in [0.25, 0.3) is 5.69 Å². The summed E-state index contributed by atoms with van der Waals surface area (Å²) in [6, 6.07) is 5.32. The molecule has 0 N–H and O–H groups in total. The van der Waals surface area contributed by atoms with E-state index in [1.54, 1.807) is 27.7 Å². The molecule has 0 bridgehead atoms. The van der Waals surface area contributed by atoms with Gasteiger partial charge >= 0.3 is 13.6 Å². The van der Waals surface area contributed by atoms with Crippen LogP contribution in [-0.2, 0) is 27.9 Å². The summed E-state index contributed by atoms with van der Waals surface area (Å²) >= 11 is 0. The van der Waals surface area contributed by atoms with Gasteiger partial charge in [-0.05, 0) is 45.4 Å². The summed E-state index contributed by atoms with van der Waals surface area (Å²) in [5.74, 6) is -0.862. The van der Waals surface area contributed by atoms with Crippen LogP contribution in [0.5, 0.6) is 0 Å². The van der Waals surface area contributed by atoms with Gasteiger partial charge < -0.3 is 18.6 Å². The van der Waals surface area contributed by atoms with E-state index in [2.05, 4.69) is 0 Å². The lowest BCUT2D eigenvalue weighted by Gasteiger charge is -2.29. The molecule has 0 radical (unpaired) electrons. The lowest BCUT2D eigenvalue weighted by Crippen LogP contribution is -2.29. The molecule has 1 aromatic carbocycles. The number of carbonyl (C=O) groups is 2. The summed E-state index contributed by atoms with van der Waals surface area (Å²) in [7, 11) is -3.66. The second-order valence-electron chi connectivity index (χ2n) is 6.26. The highest BCUT2D eigenvalue weighted by atomic mass is 31.2. The topological polar surface area (TPSA) is 122 Å². The maximum atomic E-state index is 12.5. The Morgan fingerprint density at radius 3 is 2.15 bits per heavy atom. The van der Waals surface area contributed by atoms with Gasteiger partial charge in [-0.3, -0.25) is 19.5 Å². The molecule has 1 atom stereocenters. The van der Waals surface area contributed by atoms with Crippen molar-refractivity contribution >= 4 is 25.5 Å². The molecule has 1 aromatic rings. The molecule has 0 amide bonds. The van der Waals surface area contributed by atoms with Gasteiger partial charge in [0.05, 0.1) is 23.6 Å². The van der Waals surface area contributed by atoms with E-state index in [1.165, 1.54) is 24.3 Å². The second kappa shape index (κ2) is 9.73. The number of benzene rings is 1. The van der Waals surface area contributed by atoms with E-state index < -0.39 is 36.2 Å². The van der Waals surface area contributed by atoms with E-state index in [4.69, 9.17) is 13.8 Å². The molecule has 27 heavy (non-hydrogen) atoms. The Morgan fingerprint density at radius 1 is 1.22 bits per heavy atom. The van der Waals surface area contributed by atoms with Gasteiger partial charge in [-0.15, -0.1) is 0 Å². The minimum absolute atomic E-state index is 0.0934. The number of non-ortho nitro benzene ring substituents is 1. The SMILES string of the molecule is CCOP(=O)(CC(=O)O[C@@H](c1ccc([N+](=O)[O-])cc1)C(C)(C)C=O)OCC. The summed E-state index contributed by atoms with van der Waals surface area (Å²) < 4.78 is 28.0. The van der Waals surface area contributed by atoms with Crippen molar-refractivity contribution in [1.29, 1.82) is 0 Å². The first-order valence-electron chi connectivity index (χ1n) is 8.36. The highest BCUT2D eigenvalue weighted by Crippen LogP contribution is 2.48. The molecule has 0 aliphatic carbocycles. The summed E-state index contributed by atoms with van der Waals surface area (Å²) in [6.45, 7) is 6.54. The van der Waals surface area contributed by atoms with Crippen LogP contribution in [0.3, 0.4) is 0 Å². The van der Waals surface area contributed by atoms with Crippen molar-refractivity contribution in [3.05, 3.63) is 39.9 Å². The van der Waals surface area contributed by atoms with E-state index in [9.17, 15) is 24.3 Å². The highest BCUT2D eigenvalue weighted by molar-refractivity contribution is 7.54. The van der Waals surface area contributed by atoms with Crippen molar-refractivity contribution in [2.24, 2.45) is 5.41 Å². The van der Waals surface area contributed by atoms with Crippen LogP contribution < -0.4 is 0 Å². The smallest absolute Gasteiger partial charge is 0.341 e. The molecule has 0 fully saturated rings. The van der Waals surface area contributed by atoms with Gasteiger partial charge in [0.2, 0.25) is 0 Å². The lowest BCUT2D eigenvalue weighted by atomic mass is 9.84. The number of nitro groups is 1. The van der Waals surface area contributed by atoms with Crippen molar-refractivity contribution < 1.29 is 32.9 Å². The van der Waals surface area contributed by atoms with Crippen LogP contribution in [0.2, 0.25) is 0 Å². The van der Waals surface area contributed by atoms with Crippen molar-refractivity contribution in [2.45, 2.75) is 33.8 Å². The number of hydrogen-bond donors (Lipinski definition) is 0. The number of esters is 1. The van der Waals surface area contributed by atoms with E-state index in [0.29, 0.717) is 11.8 Å². The first-order chi connectivity index (χ1) is 12.6. The third-order valence-corrected chi connectivity index (χ3v) is 5.56. The molecule has 0 aliphatic heterocycles. The van der Waals surface area contributed by atoms with Crippen molar-refractivity contribution in [1.82, 2.24) is 0 Å². The molecular weight excluding hydrogens is 377 g/mol. The Kier molecular flexibility index (Phi) is 8.27. The van der Waals surface area contributed by atoms with Crippen LogP contribution in [-0.4, -0.2) is 36.6 Å². The van der Waals surface area contributed by atoms with Crippen LogP contribution in [0, 0.1) is 15.5 Å². The molecule has 10 heteroatoms. The second-order valence-corrected chi connectivity index (χ2v) is 8.32. The zero-order chi connectivity index (χ0) is 20.7. The molecule has 0 heterocycles. The van der Waals surface area contributed by atoms with Crippen LogP contribution in [0.25, 0.3) is 0 Å². The Balaban J connectivity index is 3.08. The van der Waals surface area contributed by atoms with Gasteiger partial charge in [-0.25, -0.2) is 0 Å². The fourth-order valence-corrected chi connectivity index (χ4v) is 3.77. The molecule has 1 rings (SSSR count). The van der Waals surface area contributed by atoms with Crippen LogP contribution in [0.15, 0.2) is 24.3 Å². The maximum Gasteiger partial charge on any atom is 0.341 e. The Hall–Kier alpha value is -2.09. The molecule has 0 aromatic heterocycles. The summed E-state index contributed by atoms with van der Waals surface area (Å²) in [5.41, 5.74) is -0.855. The first kappa shape index (κ1) is 23.0. The predicted molar refractivity (Wildman–Crippen MR) is 97.5 cm³/mol. The number of nitrogens with zero attached hydrogens (tertiary/aromatic N) is 1. The zero-order valence-corrected chi connectivity index (χ0v) is 16.6. The number of ether oxygens (including phenoxy) is 1. The number of nitro benzene ring substituents is 1. The third-order valence-electron chi connectivity index (χ3n) is 3.61. The summed E-state index contributed by atoms with van der Waals surface area (Å²) in [4.78, 5) is 34.1.